The van der Waals surface area contributed by atoms with Crippen LogP contribution in [0.15, 0.2) is 11.0 Å². The van der Waals surface area contributed by atoms with E-state index in [4.69, 9.17) is 4.74 Å². The van der Waals surface area contributed by atoms with Crippen molar-refractivity contribution in [1.82, 2.24) is 9.55 Å². The number of H-pyrrole nitrogens is 1. The molecule has 0 aliphatic rings. The molecule has 2 aromatic rings. The maximum absolute atomic E-state index is 12.4. The number of aromatic nitrogens is 2. The molecule has 2 heterocycles. The van der Waals surface area contributed by atoms with Gasteiger partial charge in [0.1, 0.15) is 5.52 Å². The molecule has 2 rings (SSSR count). The number of carbonyl (C=O) groups excluding carboxylic acids is 1. The fourth-order valence-electron chi connectivity index (χ4n) is 2.38. The van der Waals surface area contributed by atoms with Crippen molar-refractivity contribution < 1.29 is 14.6 Å². The molecule has 0 saturated heterocycles. The average molecular weight is 330 g/mol. The van der Waals surface area contributed by atoms with E-state index >= 15 is 0 Å². The minimum absolute atomic E-state index is 0.0915. The molecular weight excluding hydrogens is 308 g/mol. The third kappa shape index (κ3) is 3.22. The lowest BCUT2D eigenvalue weighted by Gasteiger charge is -2.12. The lowest BCUT2D eigenvalue weighted by Crippen LogP contribution is -2.18. The van der Waals surface area contributed by atoms with Crippen LogP contribution in [0, 0.1) is 24.2 Å². The van der Waals surface area contributed by atoms with Crippen molar-refractivity contribution in [1.29, 1.82) is 0 Å². The number of hydrogen-bond donors (Lipinski definition) is 2. The summed E-state index contributed by atoms with van der Waals surface area (Å²) < 4.78 is 6.53. The second kappa shape index (κ2) is 6.54. The van der Waals surface area contributed by atoms with E-state index in [2.05, 4.69) is 16.8 Å². The largest absolute Gasteiger partial charge is 0.462 e. The van der Waals surface area contributed by atoms with Crippen molar-refractivity contribution in [2.24, 2.45) is 12.5 Å². The number of nitrogens with zero attached hydrogens (tertiary/aromatic N) is 1. The number of aryl methyl sites for hydroxylation is 2. The highest BCUT2D eigenvalue weighted by Gasteiger charge is 2.22. The fraction of sp³-hybridized carbons (Fsp3) is 0.444. The summed E-state index contributed by atoms with van der Waals surface area (Å²) in [6.07, 6.45) is 1.60. The number of hydrogen-bond acceptors (Lipinski definition) is 4. The Balaban J connectivity index is 2.82. The molecular formula is C18H22N2O4. The van der Waals surface area contributed by atoms with Gasteiger partial charge in [0.2, 0.25) is 0 Å². The van der Waals surface area contributed by atoms with Crippen LogP contribution in [0.25, 0.3) is 10.9 Å². The van der Waals surface area contributed by atoms with Gasteiger partial charge in [0.25, 0.3) is 5.56 Å². The van der Waals surface area contributed by atoms with E-state index in [-0.39, 0.29) is 18.8 Å². The van der Waals surface area contributed by atoms with Gasteiger partial charge in [-0.25, -0.2) is 4.79 Å². The van der Waals surface area contributed by atoms with Crippen molar-refractivity contribution in [2.45, 2.75) is 27.7 Å². The van der Waals surface area contributed by atoms with Crippen LogP contribution in [0.1, 0.15) is 42.4 Å². The minimum atomic E-state index is -0.587. The molecule has 0 spiro atoms. The van der Waals surface area contributed by atoms with Gasteiger partial charge < -0.3 is 19.4 Å². The average Bonchev–Trinajstić information content (AvgIpc) is 2.87. The summed E-state index contributed by atoms with van der Waals surface area (Å²) in [4.78, 5) is 27.7. The number of fused-ring (bicyclic) bond motifs is 1. The third-order valence-corrected chi connectivity index (χ3v) is 3.72. The third-order valence-electron chi connectivity index (χ3n) is 3.72. The zero-order valence-electron chi connectivity index (χ0n) is 14.6. The fourth-order valence-corrected chi connectivity index (χ4v) is 2.38. The van der Waals surface area contributed by atoms with Crippen LogP contribution in [0.2, 0.25) is 0 Å². The monoisotopic (exact) mass is 330 g/mol. The Hall–Kier alpha value is -2.52. The number of esters is 1. The van der Waals surface area contributed by atoms with E-state index in [1.807, 2.05) is 13.8 Å². The van der Waals surface area contributed by atoms with Crippen LogP contribution in [0.4, 0.5) is 0 Å². The Labute approximate surface area is 140 Å². The Morgan fingerprint density at radius 1 is 1.46 bits per heavy atom. The molecule has 2 aromatic heterocycles. The molecule has 24 heavy (non-hydrogen) atoms. The van der Waals surface area contributed by atoms with E-state index in [0.717, 1.165) is 0 Å². The molecule has 6 nitrogen and oxygen atoms in total. The molecule has 0 bridgehead atoms. The molecule has 128 valence electrons. The van der Waals surface area contributed by atoms with Gasteiger partial charge in [-0.15, -0.1) is 0 Å². The number of aliphatic hydroxyl groups is 1. The molecule has 0 aliphatic carbocycles. The molecule has 6 heteroatoms. The first-order valence-corrected chi connectivity index (χ1v) is 7.75. The molecule has 2 N–H and O–H groups in total. The molecule has 0 amide bonds. The minimum Gasteiger partial charge on any atom is -0.462 e. The molecule has 0 unspecified atom stereocenters. The lowest BCUT2D eigenvalue weighted by molar-refractivity contribution is 0.0528. The first-order chi connectivity index (χ1) is 11.2. The molecule has 0 atom stereocenters. The summed E-state index contributed by atoms with van der Waals surface area (Å²) in [6, 6.07) is 0. The van der Waals surface area contributed by atoms with Crippen LogP contribution >= 0.6 is 0 Å². The van der Waals surface area contributed by atoms with Crippen molar-refractivity contribution in [2.75, 3.05) is 13.2 Å². The van der Waals surface area contributed by atoms with E-state index in [9.17, 15) is 14.7 Å². The topological polar surface area (TPSA) is 84.3 Å². The maximum atomic E-state index is 12.4. The van der Waals surface area contributed by atoms with Gasteiger partial charge in [0.05, 0.1) is 24.3 Å². The van der Waals surface area contributed by atoms with E-state index < -0.39 is 11.4 Å². The summed E-state index contributed by atoms with van der Waals surface area (Å²) in [5.74, 6) is 5.50. The summed E-state index contributed by atoms with van der Waals surface area (Å²) >= 11 is 0. The van der Waals surface area contributed by atoms with Crippen LogP contribution in [0.3, 0.4) is 0 Å². The van der Waals surface area contributed by atoms with Crippen LogP contribution in [-0.4, -0.2) is 33.8 Å². The maximum Gasteiger partial charge on any atom is 0.340 e. The molecule has 0 aromatic carbocycles. The van der Waals surface area contributed by atoms with Gasteiger partial charge in [-0.05, 0) is 27.7 Å². The van der Waals surface area contributed by atoms with Crippen LogP contribution in [-0.2, 0) is 11.8 Å². The number of rotatable bonds is 3. The predicted octanol–water partition coefficient (Wildman–Crippen LogP) is 1.72. The van der Waals surface area contributed by atoms with Crippen LogP contribution < -0.4 is 5.56 Å². The number of ether oxygens (including phenoxy) is 1. The first-order valence-electron chi connectivity index (χ1n) is 7.75. The highest BCUT2D eigenvalue weighted by Crippen LogP contribution is 2.24. The van der Waals surface area contributed by atoms with Crippen molar-refractivity contribution in [3.05, 3.63) is 33.4 Å². The Morgan fingerprint density at radius 3 is 2.71 bits per heavy atom. The number of aromatic amines is 1. The Morgan fingerprint density at radius 2 is 2.12 bits per heavy atom. The lowest BCUT2D eigenvalue weighted by atomic mass is 9.95. The van der Waals surface area contributed by atoms with Crippen molar-refractivity contribution in [3.8, 4) is 11.8 Å². The zero-order valence-corrected chi connectivity index (χ0v) is 14.6. The molecule has 0 fully saturated rings. The summed E-state index contributed by atoms with van der Waals surface area (Å²) in [5, 5.41) is 9.83. The summed E-state index contributed by atoms with van der Waals surface area (Å²) in [7, 11) is 1.63. The van der Waals surface area contributed by atoms with Gasteiger partial charge in [-0.1, -0.05) is 11.8 Å². The van der Waals surface area contributed by atoms with Gasteiger partial charge in [0.15, 0.2) is 0 Å². The van der Waals surface area contributed by atoms with E-state index in [1.165, 1.54) is 4.57 Å². The van der Waals surface area contributed by atoms with Gasteiger partial charge in [-0.3, -0.25) is 4.79 Å². The number of nitrogens with one attached hydrogen (secondary N) is 1. The van der Waals surface area contributed by atoms with Gasteiger partial charge in [-0.2, -0.15) is 0 Å². The number of aliphatic hydroxyl groups excluding tert-OH is 1. The van der Waals surface area contributed by atoms with Crippen molar-refractivity contribution >= 4 is 16.9 Å². The standard InChI is InChI=1S/C18H22N2O4/c1-6-24-17(23)13-11(2)19-15-14(13)12(9-20(5)16(15)22)7-8-18(3,4)10-21/h9,19,21H,6,10H2,1-5H3. The normalized spacial score (nSPS) is 11.2. The summed E-state index contributed by atoms with van der Waals surface area (Å²) in [5.41, 5.74) is 0.936. The molecule has 0 aliphatic heterocycles. The smallest absolute Gasteiger partial charge is 0.340 e. The quantitative estimate of drug-likeness (QED) is 0.663. The second-order valence-electron chi connectivity index (χ2n) is 6.35. The highest BCUT2D eigenvalue weighted by molar-refractivity contribution is 6.07. The van der Waals surface area contributed by atoms with E-state index in [1.54, 1.807) is 27.1 Å². The van der Waals surface area contributed by atoms with Crippen LogP contribution in [0.5, 0.6) is 0 Å². The Bertz CT molecular complexity index is 907. The molecule has 0 saturated carbocycles. The SMILES string of the molecule is CCOC(=O)c1c(C)[nH]c2c(=O)n(C)cc(C#CC(C)(C)CO)c12. The highest BCUT2D eigenvalue weighted by atomic mass is 16.5. The Kier molecular flexibility index (Phi) is 4.86. The van der Waals surface area contributed by atoms with Gasteiger partial charge >= 0.3 is 5.97 Å². The number of carbonyl (C=O) groups is 1. The van der Waals surface area contributed by atoms with Gasteiger partial charge in [0, 0.05) is 29.7 Å². The first kappa shape index (κ1) is 17.8. The van der Waals surface area contributed by atoms with Crippen molar-refractivity contribution in [3.63, 3.8) is 0 Å². The number of pyridine rings is 1. The summed E-state index contributed by atoms with van der Waals surface area (Å²) in [6.45, 7) is 7.23. The predicted molar refractivity (Wildman–Crippen MR) is 92.0 cm³/mol. The zero-order chi connectivity index (χ0) is 18.1. The second-order valence-corrected chi connectivity index (χ2v) is 6.35. The van der Waals surface area contributed by atoms with E-state index in [0.29, 0.717) is 27.7 Å². The molecule has 0 radical (unpaired) electrons.